The molecule has 3 heteroatoms. The van der Waals surface area contributed by atoms with E-state index in [2.05, 4.69) is 39.0 Å². The van der Waals surface area contributed by atoms with E-state index in [-0.39, 0.29) is 12.4 Å². The molecule has 2 nitrogen and oxygen atoms in total. The van der Waals surface area contributed by atoms with Crippen molar-refractivity contribution in [3.8, 4) is 6.07 Å². The fraction of sp³-hybridized carbons (Fsp3) is 0.533. The minimum Gasteiger partial charge on any atom is -0.330 e. The summed E-state index contributed by atoms with van der Waals surface area (Å²) in [5, 5.41) is 9.66. The maximum Gasteiger partial charge on any atom is 0.0848 e. The van der Waals surface area contributed by atoms with Crippen molar-refractivity contribution in [1.82, 2.24) is 0 Å². The van der Waals surface area contributed by atoms with Crippen LogP contribution in [-0.4, -0.2) is 6.54 Å². The molecule has 0 aromatic heterocycles. The zero-order valence-corrected chi connectivity index (χ0v) is 12.3. The Morgan fingerprint density at radius 2 is 1.94 bits per heavy atom. The van der Waals surface area contributed by atoms with Gasteiger partial charge in [0.1, 0.15) is 0 Å². The Morgan fingerprint density at radius 3 is 2.39 bits per heavy atom. The van der Waals surface area contributed by atoms with E-state index in [4.69, 9.17) is 5.73 Å². The van der Waals surface area contributed by atoms with Crippen molar-refractivity contribution >= 4 is 12.4 Å². The highest BCUT2D eigenvalue weighted by Gasteiger charge is 2.36. The third-order valence-electron chi connectivity index (χ3n) is 3.59. The Kier molecular flexibility index (Phi) is 6.98. The minimum absolute atomic E-state index is 0. The topological polar surface area (TPSA) is 49.8 Å². The number of halogens is 1. The molecular formula is C15H23ClN2. The maximum absolute atomic E-state index is 9.66. The zero-order chi connectivity index (χ0) is 12.9. The molecule has 0 bridgehead atoms. The number of aryl methyl sites for hydroxylation is 1. The average Bonchev–Trinajstić information content (AvgIpc) is 2.32. The number of nitriles is 1. The summed E-state index contributed by atoms with van der Waals surface area (Å²) in [4.78, 5) is 0. The third kappa shape index (κ3) is 3.25. The summed E-state index contributed by atoms with van der Waals surface area (Å²) in [6, 6.07) is 10.7. The lowest BCUT2D eigenvalue weighted by molar-refractivity contribution is 0.360. The van der Waals surface area contributed by atoms with Crippen molar-refractivity contribution < 1.29 is 0 Å². The summed E-state index contributed by atoms with van der Waals surface area (Å²) >= 11 is 0. The highest BCUT2D eigenvalue weighted by molar-refractivity contribution is 5.85. The van der Waals surface area contributed by atoms with Gasteiger partial charge in [-0.3, -0.25) is 0 Å². The van der Waals surface area contributed by atoms with E-state index in [9.17, 15) is 5.26 Å². The Hall–Kier alpha value is -1.04. The van der Waals surface area contributed by atoms with Gasteiger partial charge in [-0.05, 0) is 43.4 Å². The average molecular weight is 267 g/mol. The standard InChI is InChI=1S/C15H22N2.ClH/c1-12(2)15(11-17,9-6-10-16)14-8-5-4-7-13(14)3;/h4-5,7-8,12H,6,9-10,16H2,1-3H3;1H. The van der Waals surface area contributed by atoms with Gasteiger partial charge in [0.2, 0.25) is 0 Å². The quantitative estimate of drug-likeness (QED) is 0.886. The molecule has 0 saturated heterocycles. The van der Waals surface area contributed by atoms with E-state index in [1.807, 2.05) is 12.1 Å². The van der Waals surface area contributed by atoms with Crippen LogP contribution >= 0.6 is 12.4 Å². The molecule has 1 aromatic carbocycles. The van der Waals surface area contributed by atoms with Crippen LogP contribution in [0.2, 0.25) is 0 Å². The van der Waals surface area contributed by atoms with Crippen LogP contribution in [0.4, 0.5) is 0 Å². The monoisotopic (exact) mass is 266 g/mol. The van der Waals surface area contributed by atoms with Gasteiger partial charge in [0.25, 0.3) is 0 Å². The molecule has 0 amide bonds. The lowest BCUT2D eigenvalue weighted by Gasteiger charge is -2.32. The Bertz CT molecular complexity index is 409. The highest BCUT2D eigenvalue weighted by atomic mass is 35.5. The maximum atomic E-state index is 9.66. The molecule has 0 radical (unpaired) electrons. The van der Waals surface area contributed by atoms with Crippen LogP contribution in [0.1, 0.15) is 37.8 Å². The van der Waals surface area contributed by atoms with Gasteiger partial charge in [0.05, 0.1) is 11.5 Å². The van der Waals surface area contributed by atoms with Crippen molar-refractivity contribution in [3.05, 3.63) is 35.4 Å². The molecule has 1 unspecified atom stereocenters. The molecule has 0 aliphatic rings. The summed E-state index contributed by atoms with van der Waals surface area (Å²) in [7, 11) is 0. The molecule has 0 aliphatic heterocycles. The second-order valence-corrected chi connectivity index (χ2v) is 4.95. The van der Waals surface area contributed by atoms with Crippen LogP contribution in [0.25, 0.3) is 0 Å². The van der Waals surface area contributed by atoms with E-state index in [1.54, 1.807) is 0 Å². The van der Waals surface area contributed by atoms with Gasteiger partial charge in [-0.15, -0.1) is 12.4 Å². The number of benzene rings is 1. The van der Waals surface area contributed by atoms with Gasteiger partial charge in [-0.25, -0.2) is 0 Å². The van der Waals surface area contributed by atoms with Crippen LogP contribution < -0.4 is 5.73 Å². The second-order valence-electron chi connectivity index (χ2n) is 4.95. The highest BCUT2D eigenvalue weighted by Crippen LogP contribution is 2.37. The van der Waals surface area contributed by atoms with E-state index in [1.165, 1.54) is 5.56 Å². The lowest BCUT2D eigenvalue weighted by Crippen LogP contribution is -2.32. The van der Waals surface area contributed by atoms with Gasteiger partial charge in [0.15, 0.2) is 0 Å². The molecular weight excluding hydrogens is 244 g/mol. The van der Waals surface area contributed by atoms with Gasteiger partial charge in [-0.1, -0.05) is 38.1 Å². The first-order chi connectivity index (χ1) is 8.08. The summed E-state index contributed by atoms with van der Waals surface area (Å²) in [6.07, 6.45) is 1.72. The number of hydrogen-bond acceptors (Lipinski definition) is 2. The van der Waals surface area contributed by atoms with Gasteiger partial charge < -0.3 is 5.73 Å². The molecule has 2 N–H and O–H groups in total. The molecule has 18 heavy (non-hydrogen) atoms. The van der Waals surface area contributed by atoms with Crippen LogP contribution in [0.15, 0.2) is 24.3 Å². The molecule has 0 spiro atoms. The van der Waals surface area contributed by atoms with Gasteiger partial charge in [0, 0.05) is 0 Å². The molecule has 0 heterocycles. The summed E-state index contributed by atoms with van der Waals surface area (Å²) in [6.45, 7) is 6.95. The van der Waals surface area contributed by atoms with Crippen molar-refractivity contribution in [3.63, 3.8) is 0 Å². The molecule has 100 valence electrons. The molecule has 1 rings (SSSR count). The van der Waals surface area contributed by atoms with E-state index in [0.29, 0.717) is 12.5 Å². The molecule has 1 atom stereocenters. The SMILES string of the molecule is Cc1ccccc1C(C#N)(CCCN)C(C)C.Cl. The largest absolute Gasteiger partial charge is 0.330 e. The van der Waals surface area contributed by atoms with Crippen LogP contribution in [0.3, 0.4) is 0 Å². The number of rotatable bonds is 5. The van der Waals surface area contributed by atoms with Crippen LogP contribution in [0, 0.1) is 24.2 Å². The number of nitrogens with zero attached hydrogens (tertiary/aromatic N) is 1. The number of nitrogens with two attached hydrogens (primary N) is 1. The minimum atomic E-state index is -0.398. The fourth-order valence-electron chi connectivity index (χ4n) is 2.43. The Balaban J connectivity index is 0.00000289. The predicted molar refractivity (Wildman–Crippen MR) is 78.8 cm³/mol. The van der Waals surface area contributed by atoms with E-state index < -0.39 is 5.41 Å². The Labute approximate surface area is 117 Å². The van der Waals surface area contributed by atoms with Crippen LogP contribution in [-0.2, 0) is 5.41 Å². The number of hydrogen-bond donors (Lipinski definition) is 1. The van der Waals surface area contributed by atoms with Crippen molar-refractivity contribution in [2.24, 2.45) is 11.7 Å². The summed E-state index contributed by atoms with van der Waals surface area (Å²) in [5.41, 5.74) is 7.55. The van der Waals surface area contributed by atoms with Crippen molar-refractivity contribution in [1.29, 1.82) is 5.26 Å². The van der Waals surface area contributed by atoms with E-state index in [0.717, 1.165) is 18.4 Å². The second kappa shape index (κ2) is 7.41. The molecule has 1 aromatic rings. The van der Waals surface area contributed by atoms with E-state index >= 15 is 0 Å². The fourth-order valence-corrected chi connectivity index (χ4v) is 2.43. The predicted octanol–water partition coefficient (Wildman–Crippen LogP) is 3.57. The first-order valence-electron chi connectivity index (χ1n) is 6.26. The molecule has 0 saturated carbocycles. The zero-order valence-electron chi connectivity index (χ0n) is 11.4. The normalized spacial score (nSPS) is 13.6. The first kappa shape index (κ1) is 17.0. The van der Waals surface area contributed by atoms with Gasteiger partial charge in [-0.2, -0.15) is 5.26 Å². The van der Waals surface area contributed by atoms with Crippen molar-refractivity contribution in [2.45, 2.75) is 39.0 Å². The summed E-state index contributed by atoms with van der Waals surface area (Å²) in [5.74, 6) is 0.292. The molecule has 0 fully saturated rings. The lowest BCUT2D eigenvalue weighted by atomic mass is 9.68. The smallest absolute Gasteiger partial charge is 0.0848 e. The Morgan fingerprint density at radius 1 is 1.33 bits per heavy atom. The first-order valence-corrected chi connectivity index (χ1v) is 6.26. The summed E-state index contributed by atoms with van der Waals surface area (Å²) < 4.78 is 0. The van der Waals surface area contributed by atoms with Crippen molar-refractivity contribution in [2.75, 3.05) is 6.54 Å². The van der Waals surface area contributed by atoms with Crippen LogP contribution in [0.5, 0.6) is 0 Å². The van der Waals surface area contributed by atoms with Gasteiger partial charge >= 0.3 is 0 Å². The molecule has 0 aliphatic carbocycles. The third-order valence-corrected chi connectivity index (χ3v) is 3.59.